The summed E-state index contributed by atoms with van der Waals surface area (Å²) in [6.45, 7) is 5.10. The fourth-order valence-corrected chi connectivity index (χ4v) is 5.59. The number of nitrogens with zero attached hydrogens (tertiary/aromatic N) is 2. The number of rotatable bonds is 6. The second-order valence-corrected chi connectivity index (χ2v) is 9.99. The highest BCUT2D eigenvalue weighted by Crippen LogP contribution is 2.31. The van der Waals surface area contributed by atoms with Crippen LogP contribution in [0.25, 0.3) is 0 Å². The normalized spacial score (nSPS) is 18.3. The second kappa shape index (κ2) is 10.9. The average molecular weight is 488 g/mol. The first-order valence-corrected chi connectivity index (χ1v) is 12.5. The van der Waals surface area contributed by atoms with Crippen molar-refractivity contribution in [3.63, 3.8) is 0 Å². The Morgan fingerprint density at radius 2 is 1.76 bits per heavy atom. The molecule has 2 amide bonds. The molecule has 1 aliphatic carbocycles. The van der Waals surface area contributed by atoms with Gasteiger partial charge in [-0.1, -0.05) is 65.9 Å². The molecule has 33 heavy (non-hydrogen) atoms. The number of carbonyl (C=O) groups excluding carboxylic acids is 2. The molecule has 2 aromatic rings. The molecule has 1 saturated carbocycles. The Morgan fingerprint density at radius 3 is 2.42 bits per heavy atom. The Bertz CT molecular complexity index is 999. The SMILES string of the molecule is Cc1cccc(CNC(=O)C(C2CCCC2)N2CCN(C(=O)c3ccc(Cl)cc3Cl)CC2)c1. The quantitative estimate of drug-likeness (QED) is 0.627. The number of hydrogen-bond donors (Lipinski definition) is 1. The maximum absolute atomic E-state index is 13.3. The van der Waals surface area contributed by atoms with Gasteiger partial charge in [-0.25, -0.2) is 0 Å². The Labute approximate surface area is 206 Å². The minimum atomic E-state index is -0.145. The van der Waals surface area contributed by atoms with Gasteiger partial charge in [-0.15, -0.1) is 0 Å². The molecule has 1 unspecified atom stereocenters. The lowest BCUT2D eigenvalue weighted by Crippen LogP contribution is -2.57. The predicted molar refractivity (Wildman–Crippen MR) is 133 cm³/mol. The molecule has 0 aromatic heterocycles. The zero-order chi connectivity index (χ0) is 23.4. The number of aryl methyl sites for hydroxylation is 1. The van der Waals surface area contributed by atoms with Crippen LogP contribution in [0.3, 0.4) is 0 Å². The first-order chi connectivity index (χ1) is 15.9. The molecule has 1 heterocycles. The van der Waals surface area contributed by atoms with Crippen LogP contribution in [0.5, 0.6) is 0 Å². The summed E-state index contributed by atoms with van der Waals surface area (Å²) in [6, 6.07) is 13.1. The van der Waals surface area contributed by atoms with Gasteiger partial charge in [-0.2, -0.15) is 0 Å². The summed E-state index contributed by atoms with van der Waals surface area (Å²) in [7, 11) is 0. The third-order valence-electron chi connectivity index (χ3n) is 6.82. The number of nitrogens with one attached hydrogen (secondary N) is 1. The Morgan fingerprint density at radius 1 is 1.03 bits per heavy atom. The summed E-state index contributed by atoms with van der Waals surface area (Å²) in [6.07, 6.45) is 4.53. The van der Waals surface area contributed by atoms with Crippen molar-refractivity contribution in [1.29, 1.82) is 0 Å². The van der Waals surface area contributed by atoms with E-state index in [2.05, 4.69) is 29.3 Å². The molecular formula is C26H31Cl2N3O2. The largest absolute Gasteiger partial charge is 0.351 e. The lowest BCUT2D eigenvalue weighted by atomic mass is 9.94. The first-order valence-electron chi connectivity index (χ1n) is 11.7. The van der Waals surface area contributed by atoms with E-state index >= 15 is 0 Å². The molecule has 2 fully saturated rings. The molecule has 5 nitrogen and oxygen atoms in total. The summed E-state index contributed by atoms with van der Waals surface area (Å²) in [5.41, 5.74) is 2.78. The number of halogens is 2. The van der Waals surface area contributed by atoms with E-state index < -0.39 is 0 Å². The van der Waals surface area contributed by atoms with Crippen LogP contribution in [0.4, 0.5) is 0 Å². The Balaban J connectivity index is 1.40. The number of piperazine rings is 1. The minimum Gasteiger partial charge on any atom is -0.351 e. The maximum atomic E-state index is 13.3. The van der Waals surface area contributed by atoms with E-state index in [1.807, 2.05) is 17.0 Å². The highest BCUT2D eigenvalue weighted by molar-refractivity contribution is 6.36. The standard InChI is InChI=1S/C26H31Cl2N3O2/c1-18-5-4-6-19(15-18)17-29-25(32)24(20-7-2-3-8-20)30-11-13-31(14-12-30)26(33)22-10-9-21(27)16-23(22)28/h4-6,9-10,15-16,20,24H,2-3,7-8,11-14,17H2,1H3,(H,29,32). The maximum Gasteiger partial charge on any atom is 0.255 e. The minimum absolute atomic E-state index is 0.0855. The highest BCUT2D eigenvalue weighted by atomic mass is 35.5. The summed E-state index contributed by atoms with van der Waals surface area (Å²) in [5, 5.41) is 4.06. The second-order valence-electron chi connectivity index (χ2n) is 9.15. The zero-order valence-corrected chi connectivity index (χ0v) is 20.5. The van der Waals surface area contributed by atoms with Crippen molar-refractivity contribution in [3.8, 4) is 0 Å². The van der Waals surface area contributed by atoms with Crippen LogP contribution in [-0.2, 0) is 11.3 Å². The van der Waals surface area contributed by atoms with Crippen molar-refractivity contribution >= 4 is 35.0 Å². The summed E-state index contributed by atoms with van der Waals surface area (Å²) < 4.78 is 0. The smallest absolute Gasteiger partial charge is 0.255 e. The van der Waals surface area contributed by atoms with E-state index in [0.29, 0.717) is 54.3 Å². The average Bonchev–Trinajstić information content (AvgIpc) is 3.32. The topological polar surface area (TPSA) is 52.7 Å². The van der Waals surface area contributed by atoms with Gasteiger partial charge in [0, 0.05) is 37.7 Å². The fraction of sp³-hybridized carbons (Fsp3) is 0.462. The fourth-order valence-electron chi connectivity index (χ4n) is 5.10. The van der Waals surface area contributed by atoms with Gasteiger partial charge in [0.15, 0.2) is 0 Å². The molecule has 0 radical (unpaired) electrons. The molecular weight excluding hydrogens is 457 g/mol. The van der Waals surface area contributed by atoms with Gasteiger partial charge in [0.05, 0.1) is 16.6 Å². The zero-order valence-electron chi connectivity index (χ0n) is 19.0. The van der Waals surface area contributed by atoms with Gasteiger partial charge in [0.25, 0.3) is 5.91 Å². The van der Waals surface area contributed by atoms with Crippen molar-refractivity contribution in [2.24, 2.45) is 5.92 Å². The van der Waals surface area contributed by atoms with Gasteiger partial charge in [-0.05, 0) is 49.4 Å². The van der Waals surface area contributed by atoms with Crippen LogP contribution in [0, 0.1) is 12.8 Å². The number of hydrogen-bond acceptors (Lipinski definition) is 3. The van der Waals surface area contributed by atoms with Crippen LogP contribution in [0.1, 0.15) is 47.2 Å². The summed E-state index contributed by atoms with van der Waals surface area (Å²) in [5.74, 6) is 0.386. The predicted octanol–water partition coefficient (Wildman–Crippen LogP) is 4.93. The molecule has 0 spiro atoms. The van der Waals surface area contributed by atoms with Crippen molar-refractivity contribution in [3.05, 3.63) is 69.2 Å². The monoisotopic (exact) mass is 487 g/mol. The van der Waals surface area contributed by atoms with E-state index in [-0.39, 0.29) is 17.9 Å². The van der Waals surface area contributed by atoms with E-state index in [4.69, 9.17) is 23.2 Å². The first kappa shape index (κ1) is 24.1. The molecule has 1 N–H and O–H groups in total. The Hall–Kier alpha value is -2.08. The van der Waals surface area contributed by atoms with Crippen LogP contribution < -0.4 is 5.32 Å². The van der Waals surface area contributed by atoms with Gasteiger partial charge in [0.1, 0.15) is 0 Å². The highest BCUT2D eigenvalue weighted by Gasteiger charge is 2.37. The number of carbonyl (C=O) groups is 2. The van der Waals surface area contributed by atoms with Crippen LogP contribution >= 0.6 is 23.2 Å². The van der Waals surface area contributed by atoms with E-state index in [1.165, 1.54) is 18.4 Å². The molecule has 1 atom stereocenters. The molecule has 2 aliphatic rings. The van der Waals surface area contributed by atoms with Crippen LogP contribution in [0.2, 0.25) is 10.0 Å². The van der Waals surface area contributed by atoms with E-state index in [1.54, 1.807) is 18.2 Å². The van der Waals surface area contributed by atoms with Crippen molar-refractivity contribution in [2.75, 3.05) is 26.2 Å². The summed E-state index contributed by atoms with van der Waals surface area (Å²) in [4.78, 5) is 30.4. The molecule has 2 aromatic carbocycles. The van der Waals surface area contributed by atoms with Gasteiger partial charge in [0.2, 0.25) is 5.91 Å². The van der Waals surface area contributed by atoms with Crippen LogP contribution in [0.15, 0.2) is 42.5 Å². The third-order valence-corrected chi connectivity index (χ3v) is 7.37. The van der Waals surface area contributed by atoms with Gasteiger partial charge in [-0.3, -0.25) is 14.5 Å². The lowest BCUT2D eigenvalue weighted by molar-refractivity contribution is -0.129. The number of benzene rings is 2. The van der Waals surface area contributed by atoms with E-state index in [0.717, 1.165) is 18.4 Å². The molecule has 7 heteroatoms. The molecule has 1 aliphatic heterocycles. The van der Waals surface area contributed by atoms with Gasteiger partial charge >= 0.3 is 0 Å². The third kappa shape index (κ3) is 5.89. The molecule has 1 saturated heterocycles. The van der Waals surface area contributed by atoms with Crippen molar-refractivity contribution < 1.29 is 9.59 Å². The Kier molecular flexibility index (Phi) is 7.94. The summed E-state index contributed by atoms with van der Waals surface area (Å²) >= 11 is 12.2. The van der Waals surface area contributed by atoms with Crippen molar-refractivity contribution in [2.45, 2.75) is 45.2 Å². The van der Waals surface area contributed by atoms with Crippen molar-refractivity contribution in [1.82, 2.24) is 15.1 Å². The van der Waals surface area contributed by atoms with Crippen LogP contribution in [-0.4, -0.2) is 53.8 Å². The molecule has 4 rings (SSSR count). The van der Waals surface area contributed by atoms with E-state index in [9.17, 15) is 9.59 Å². The number of amides is 2. The lowest BCUT2D eigenvalue weighted by Gasteiger charge is -2.40. The van der Waals surface area contributed by atoms with Gasteiger partial charge < -0.3 is 10.2 Å². The molecule has 176 valence electrons. The molecule has 0 bridgehead atoms.